The van der Waals surface area contributed by atoms with Crippen molar-refractivity contribution in [1.29, 1.82) is 0 Å². The van der Waals surface area contributed by atoms with Crippen molar-refractivity contribution >= 4 is 62.3 Å². The van der Waals surface area contributed by atoms with E-state index in [1.807, 2.05) is 6.92 Å². The van der Waals surface area contributed by atoms with Crippen LogP contribution in [-0.4, -0.2) is 43.8 Å². The van der Waals surface area contributed by atoms with Crippen LogP contribution in [0, 0.1) is 13.8 Å². The van der Waals surface area contributed by atoms with Crippen LogP contribution in [0.2, 0.25) is 15.1 Å². The lowest BCUT2D eigenvalue weighted by molar-refractivity contribution is -0.139. The first-order valence-electron chi connectivity index (χ1n) is 12.6. The number of nitrogens with zero attached hydrogens (tertiary/aromatic N) is 2. The molecule has 1 atom stereocenters. The maximum Gasteiger partial charge on any atom is 0.264 e. The molecule has 0 aliphatic heterocycles. The topological polar surface area (TPSA) is 86.8 Å². The van der Waals surface area contributed by atoms with Crippen LogP contribution in [0.5, 0.6) is 0 Å². The molecular formula is C29H32Cl3N3O4S. The van der Waals surface area contributed by atoms with E-state index < -0.39 is 34.4 Å². The summed E-state index contributed by atoms with van der Waals surface area (Å²) >= 11 is 19.2. The number of sulfonamides is 1. The van der Waals surface area contributed by atoms with Crippen LogP contribution >= 0.6 is 34.8 Å². The summed E-state index contributed by atoms with van der Waals surface area (Å²) in [5.41, 5.74) is 2.05. The first-order chi connectivity index (χ1) is 18.7. The van der Waals surface area contributed by atoms with Crippen LogP contribution in [0.4, 0.5) is 5.69 Å². The molecule has 7 nitrogen and oxygen atoms in total. The SMILES string of the molecule is Cc1ccc(S(=O)(=O)N(CC(=O)N(Cc2c(Cl)cccc2Cl)C(C)C(=O)NC(C)C)c2cccc(Cl)c2C)cc1. The van der Waals surface area contributed by atoms with Crippen molar-refractivity contribution in [3.63, 3.8) is 0 Å². The highest BCUT2D eigenvalue weighted by molar-refractivity contribution is 7.92. The van der Waals surface area contributed by atoms with Gasteiger partial charge in [-0.25, -0.2) is 8.42 Å². The molecule has 0 saturated heterocycles. The third-order valence-electron chi connectivity index (χ3n) is 6.38. The van der Waals surface area contributed by atoms with Crippen molar-refractivity contribution in [2.45, 2.75) is 58.1 Å². The molecule has 1 N–H and O–H groups in total. The van der Waals surface area contributed by atoms with Gasteiger partial charge in [0.2, 0.25) is 11.8 Å². The van der Waals surface area contributed by atoms with Gasteiger partial charge in [0.25, 0.3) is 10.0 Å². The fourth-order valence-corrected chi connectivity index (χ4v) is 6.22. The summed E-state index contributed by atoms with van der Waals surface area (Å²) in [4.78, 5) is 28.4. The van der Waals surface area contributed by atoms with E-state index in [0.29, 0.717) is 26.2 Å². The summed E-state index contributed by atoms with van der Waals surface area (Å²) in [6.45, 7) is 8.00. The van der Waals surface area contributed by atoms with Gasteiger partial charge >= 0.3 is 0 Å². The van der Waals surface area contributed by atoms with Gasteiger partial charge < -0.3 is 10.2 Å². The molecule has 3 aromatic rings. The van der Waals surface area contributed by atoms with E-state index in [-0.39, 0.29) is 23.2 Å². The second-order valence-electron chi connectivity index (χ2n) is 9.77. The van der Waals surface area contributed by atoms with Crippen LogP contribution in [0.3, 0.4) is 0 Å². The maximum absolute atomic E-state index is 14.0. The van der Waals surface area contributed by atoms with Gasteiger partial charge in [0.1, 0.15) is 12.6 Å². The third-order valence-corrected chi connectivity index (χ3v) is 9.28. The van der Waals surface area contributed by atoms with E-state index in [0.717, 1.165) is 9.87 Å². The third kappa shape index (κ3) is 7.29. The fraction of sp³-hybridized carbons (Fsp3) is 0.310. The Labute approximate surface area is 251 Å². The molecule has 0 radical (unpaired) electrons. The van der Waals surface area contributed by atoms with E-state index in [2.05, 4.69) is 5.32 Å². The molecule has 0 fully saturated rings. The zero-order valence-electron chi connectivity index (χ0n) is 22.9. The highest BCUT2D eigenvalue weighted by atomic mass is 35.5. The highest BCUT2D eigenvalue weighted by Crippen LogP contribution is 2.32. The molecule has 2 amide bonds. The molecule has 0 aliphatic rings. The summed E-state index contributed by atoms with van der Waals surface area (Å²) in [7, 11) is -4.22. The average Bonchev–Trinajstić information content (AvgIpc) is 2.88. The molecule has 0 aliphatic carbocycles. The fourth-order valence-electron chi connectivity index (χ4n) is 4.06. The van der Waals surface area contributed by atoms with Gasteiger partial charge in [-0.05, 0) is 76.6 Å². The molecule has 214 valence electrons. The standard InChI is InChI=1S/C29H32Cl3N3O4S/c1-18(2)33-29(37)21(5)34(16-23-25(31)9-6-10-26(23)32)28(36)17-35(27-11-7-8-24(30)20(27)4)40(38,39)22-14-12-19(3)13-15-22/h6-15,18,21H,16-17H2,1-5H3,(H,33,37). The first kappa shape index (κ1) is 31.7. The predicted molar refractivity (Wildman–Crippen MR) is 162 cm³/mol. The Morgan fingerprint density at radius 1 is 0.850 bits per heavy atom. The smallest absolute Gasteiger partial charge is 0.264 e. The Bertz CT molecular complexity index is 1470. The minimum atomic E-state index is -4.22. The van der Waals surface area contributed by atoms with E-state index >= 15 is 0 Å². The normalized spacial score (nSPS) is 12.2. The predicted octanol–water partition coefficient (Wildman–Crippen LogP) is 6.40. The second-order valence-corrected chi connectivity index (χ2v) is 12.9. The number of hydrogen-bond donors (Lipinski definition) is 1. The largest absolute Gasteiger partial charge is 0.352 e. The van der Waals surface area contributed by atoms with Crippen LogP contribution in [0.1, 0.15) is 37.5 Å². The number of rotatable bonds is 10. The quantitative estimate of drug-likeness (QED) is 0.283. The first-order valence-corrected chi connectivity index (χ1v) is 15.2. The number of benzene rings is 3. The molecule has 40 heavy (non-hydrogen) atoms. The van der Waals surface area contributed by atoms with E-state index in [4.69, 9.17) is 34.8 Å². The Kier molecular flexibility index (Phi) is 10.5. The summed E-state index contributed by atoms with van der Waals surface area (Å²) in [6, 6.07) is 15.0. The van der Waals surface area contributed by atoms with E-state index in [1.54, 1.807) is 76.2 Å². The average molecular weight is 625 g/mol. The molecule has 0 bridgehead atoms. The Morgan fingerprint density at radius 3 is 1.98 bits per heavy atom. The van der Waals surface area contributed by atoms with Gasteiger partial charge in [-0.15, -0.1) is 0 Å². The van der Waals surface area contributed by atoms with Gasteiger partial charge in [-0.2, -0.15) is 0 Å². The minimum Gasteiger partial charge on any atom is -0.352 e. The number of hydrogen-bond acceptors (Lipinski definition) is 4. The minimum absolute atomic E-state index is 0.0107. The monoisotopic (exact) mass is 623 g/mol. The summed E-state index contributed by atoms with van der Waals surface area (Å²) in [5.74, 6) is -1.03. The van der Waals surface area contributed by atoms with Crippen LogP contribution < -0.4 is 9.62 Å². The maximum atomic E-state index is 14.0. The van der Waals surface area contributed by atoms with Crippen molar-refractivity contribution in [2.75, 3.05) is 10.8 Å². The van der Waals surface area contributed by atoms with Crippen molar-refractivity contribution in [1.82, 2.24) is 10.2 Å². The molecular weight excluding hydrogens is 593 g/mol. The van der Waals surface area contributed by atoms with Crippen molar-refractivity contribution in [3.8, 4) is 0 Å². The van der Waals surface area contributed by atoms with Crippen molar-refractivity contribution < 1.29 is 18.0 Å². The summed E-state index contributed by atoms with van der Waals surface area (Å²) in [6.07, 6.45) is 0. The number of halogens is 3. The number of amides is 2. The Balaban J connectivity index is 2.11. The second kappa shape index (κ2) is 13.3. The Morgan fingerprint density at radius 2 is 1.40 bits per heavy atom. The number of carbonyl (C=O) groups is 2. The van der Waals surface area contributed by atoms with E-state index in [1.165, 1.54) is 17.0 Å². The van der Waals surface area contributed by atoms with Gasteiger partial charge in [0.05, 0.1) is 10.6 Å². The van der Waals surface area contributed by atoms with E-state index in [9.17, 15) is 18.0 Å². The number of carbonyl (C=O) groups excluding carboxylic acids is 2. The molecule has 1 unspecified atom stereocenters. The molecule has 0 heterocycles. The van der Waals surface area contributed by atoms with Gasteiger partial charge in [0.15, 0.2) is 0 Å². The highest BCUT2D eigenvalue weighted by Gasteiger charge is 2.34. The molecule has 3 aromatic carbocycles. The molecule has 3 rings (SSSR count). The summed E-state index contributed by atoms with van der Waals surface area (Å²) in [5, 5.41) is 3.79. The van der Waals surface area contributed by atoms with Crippen molar-refractivity contribution in [2.24, 2.45) is 0 Å². The van der Waals surface area contributed by atoms with Gasteiger partial charge in [-0.3, -0.25) is 13.9 Å². The van der Waals surface area contributed by atoms with Gasteiger partial charge in [-0.1, -0.05) is 64.6 Å². The van der Waals surface area contributed by atoms with Crippen molar-refractivity contribution in [3.05, 3.63) is 92.4 Å². The lowest BCUT2D eigenvalue weighted by atomic mass is 10.1. The zero-order valence-corrected chi connectivity index (χ0v) is 26.0. The molecule has 0 saturated carbocycles. The molecule has 0 aromatic heterocycles. The molecule has 11 heteroatoms. The number of aryl methyl sites for hydroxylation is 1. The van der Waals surface area contributed by atoms with Gasteiger partial charge in [0, 0.05) is 33.2 Å². The number of anilines is 1. The summed E-state index contributed by atoms with van der Waals surface area (Å²) < 4.78 is 29.0. The lowest BCUT2D eigenvalue weighted by Crippen LogP contribution is -2.52. The van der Waals surface area contributed by atoms with Crippen LogP contribution in [-0.2, 0) is 26.2 Å². The Hall–Kier alpha value is -2.78. The molecule has 0 spiro atoms. The lowest BCUT2D eigenvalue weighted by Gasteiger charge is -2.33. The zero-order chi connectivity index (χ0) is 29.8. The van der Waals surface area contributed by atoms with Crippen LogP contribution in [0.25, 0.3) is 0 Å². The van der Waals surface area contributed by atoms with Crippen LogP contribution in [0.15, 0.2) is 65.6 Å². The number of nitrogens with one attached hydrogen (secondary N) is 1.